The average Bonchev–Trinajstić information content (AvgIpc) is 3.03. The van der Waals surface area contributed by atoms with Crippen molar-refractivity contribution in [2.24, 2.45) is 0 Å². The van der Waals surface area contributed by atoms with Crippen LogP contribution in [0.1, 0.15) is 41.7 Å². The van der Waals surface area contributed by atoms with Crippen LogP contribution in [0.15, 0.2) is 29.2 Å². The van der Waals surface area contributed by atoms with Gasteiger partial charge in [0, 0.05) is 36.0 Å². The first-order valence-electron chi connectivity index (χ1n) is 8.67. The third kappa shape index (κ3) is 3.97. The van der Waals surface area contributed by atoms with Gasteiger partial charge in [-0.05, 0) is 32.0 Å². The van der Waals surface area contributed by atoms with E-state index in [9.17, 15) is 13.2 Å². The Balaban J connectivity index is 1.77. The first-order valence-corrected chi connectivity index (χ1v) is 11.1. The number of aromatic nitrogens is 1. The highest BCUT2D eigenvalue weighted by atomic mass is 32.2. The van der Waals surface area contributed by atoms with Gasteiger partial charge in [0.2, 0.25) is 0 Å². The summed E-state index contributed by atoms with van der Waals surface area (Å²) in [6.45, 7) is 7.75. The molecule has 1 aromatic heterocycles. The number of hydrogen-bond donors (Lipinski definition) is 1. The first-order chi connectivity index (χ1) is 12.3. The zero-order valence-electron chi connectivity index (χ0n) is 15.2. The molecule has 6 nitrogen and oxygen atoms in total. The molecule has 8 heteroatoms. The van der Waals surface area contributed by atoms with E-state index >= 15 is 0 Å². The van der Waals surface area contributed by atoms with E-state index < -0.39 is 9.84 Å². The largest absolute Gasteiger partial charge is 0.298 e. The van der Waals surface area contributed by atoms with Crippen molar-refractivity contribution in [2.45, 2.75) is 44.7 Å². The molecule has 2 aromatic rings. The topological polar surface area (TPSA) is 79.4 Å². The number of hydrogen-bond acceptors (Lipinski definition) is 6. The van der Waals surface area contributed by atoms with E-state index in [0.29, 0.717) is 16.7 Å². The maximum absolute atomic E-state index is 12.5. The summed E-state index contributed by atoms with van der Waals surface area (Å²) in [4.78, 5) is 20.8. The summed E-state index contributed by atoms with van der Waals surface area (Å²) in [7, 11) is -3.34. The molecule has 0 atom stereocenters. The van der Waals surface area contributed by atoms with E-state index in [0.717, 1.165) is 25.2 Å². The van der Waals surface area contributed by atoms with Crippen LogP contribution < -0.4 is 5.32 Å². The number of nitrogens with zero attached hydrogens (tertiary/aromatic N) is 2. The highest BCUT2D eigenvalue weighted by Crippen LogP contribution is 2.29. The Bertz CT molecular complexity index is 920. The van der Waals surface area contributed by atoms with Crippen molar-refractivity contribution in [3.63, 3.8) is 0 Å². The Kier molecular flexibility index (Phi) is 5.45. The SMILES string of the molecule is CCS(=O)(=O)c1cccc(C(=O)Nc2nc3c(s2)CN(C(C)C)CC3)c1. The molecule has 26 heavy (non-hydrogen) atoms. The molecule has 0 unspecified atom stereocenters. The van der Waals surface area contributed by atoms with E-state index in [1.165, 1.54) is 28.3 Å². The Labute approximate surface area is 158 Å². The summed E-state index contributed by atoms with van der Waals surface area (Å²) < 4.78 is 24.0. The van der Waals surface area contributed by atoms with Crippen LogP contribution >= 0.6 is 11.3 Å². The molecule has 1 N–H and O–H groups in total. The number of fused-ring (bicyclic) bond motifs is 1. The summed E-state index contributed by atoms with van der Waals surface area (Å²) in [5.41, 5.74) is 1.36. The summed E-state index contributed by atoms with van der Waals surface area (Å²) in [5, 5.41) is 3.38. The maximum Gasteiger partial charge on any atom is 0.257 e. The van der Waals surface area contributed by atoms with Crippen LogP contribution in [0.3, 0.4) is 0 Å². The third-order valence-electron chi connectivity index (χ3n) is 4.55. The first kappa shape index (κ1) is 19.0. The fourth-order valence-electron chi connectivity index (χ4n) is 2.88. The number of nitrogens with one attached hydrogen (secondary N) is 1. The van der Waals surface area contributed by atoms with Gasteiger partial charge >= 0.3 is 0 Å². The Morgan fingerprint density at radius 3 is 2.85 bits per heavy atom. The highest BCUT2D eigenvalue weighted by molar-refractivity contribution is 7.91. The van der Waals surface area contributed by atoms with Gasteiger partial charge in [0.1, 0.15) is 0 Å². The van der Waals surface area contributed by atoms with Crippen molar-refractivity contribution in [2.75, 3.05) is 17.6 Å². The Morgan fingerprint density at radius 1 is 1.38 bits per heavy atom. The maximum atomic E-state index is 12.5. The number of anilines is 1. The van der Waals surface area contributed by atoms with Crippen molar-refractivity contribution in [3.8, 4) is 0 Å². The van der Waals surface area contributed by atoms with Gasteiger partial charge < -0.3 is 0 Å². The average molecular weight is 394 g/mol. The molecular formula is C18H23N3O3S2. The fourth-order valence-corrected chi connectivity index (χ4v) is 4.83. The molecule has 1 aliphatic rings. The minimum absolute atomic E-state index is 0.00360. The smallest absolute Gasteiger partial charge is 0.257 e. The van der Waals surface area contributed by atoms with Gasteiger partial charge in [-0.25, -0.2) is 13.4 Å². The van der Waals surface area contributed by atoms with Crippen LogP contribution in [0.2, 0.25) is 0 Å². The summed E-state index contributed by atoms with van der Waals surface area (Å²) in [5.74, 6) is -0.339. The van der Waals surface area contributed by atoms with Gasteiger partial charge in [0.15, 0.2) is 15.0 Å². The quantitative estimate of drug-likeness (QED) is 0.845. The molecule has 0 bridgehead atoms. The molecular weight excluding hydrogens is 370 g/mol. The third-order valence-corrected chi connectivity index (χ3v) is 7.28. The molecule has 0 radical (unpaired) electrons. The molecule has 1 aromatic carbocycles. The molecule has 0 aliphatic carbocycles. The van der Waals surface area contributed by atoms with Gasteiger partial charge in [-0.15, -0.1) is 11.3 Å². The minimum Gasteiger partial charge on any atom is -0.298 e. The van der Waals surface area contributed by atoms with Gasteiger partial charge in [-0.3, -0.25) is 15.0 Å². The lowest BCUT2D eigenvalue weighted by molar-refractivity contribution is 0.102. The van der Waals surface area contributed by atoms with Crippen LogP contribution in [-0.4, -0.2) is 42.5 Å². The van der Waals surface area contributed by atoms with E-state index in [2.05, 4.69) is 29.0 Å². The van der Waals surface area contributed by atoms with Gasteiger partial charge in [-0.2, -0.15) is 0 Å². The molecule has 1 aliphatic heterocycles. The van der Waals surface area contributed by atoms with E-state index in [1.807, 2.05) is 0 Å². The second-order valence-electron chi connectivity index (χ2n) is 6.59. The van der Waals surface area contributed by atoms with Gasteiger partial charge in [-0.1, -0.05) is 13.0 Å². The fraction of sp³-hybridized carbons (Fsp3) is 0.444. The molecule has 0 saturated heterocycles. The van der Waals surface area contributed by atoms with Crippen LogP contribution in [-0.2, 0) is 22.8 Å². The predicted octanol–water partition coefficient (Wildman–Crippen LogP) is 2.96. The van der Waals surface area contributed by atoms with Crippen molar-refractivity contribution in [1.29, 1.82) is 0 Å². The molecule has 0 spiro atoms. The molecule has 3 rings (SSSR count). The lowest BCUT2D eigenvalue weighted by Crippen LogP contribution is -2.35. The molecule has 0 fully saturated rings. The number of carbonyl (C=O) groups is 1. The van der Waals surface area contributed by atoms with Crippen LogP contribution in [0, 0.1) is 0 Å². The summed E-state index contributed by atoms with van der Waals surface area (Å²) >= 11 is 1.49. The van der Waals surface area contributed by atoms with Gasteiger partial charge in [0.05, 0.1) is 16.3 Å². The second kappa shape index (κ2) is 7.46. The molecule has 140 valence electrons. The number of thiazole rings is 1. The predicted molar refractivity (Wildman–Crippen MR) is 103 cm³/mol. The van der Waals surface area contributed by atoms with Crippen molar-refractivity contribution < 1.29 is 13.2 Å². The highest BCUT2D eigenvalue weighted by Gasteiger charge is 2.23. The summed E-state index contributed by atoms with van der Waals surface area (Å²) in [6.07, 6.45) is 0.879. The minimum atomic E-state index is -3.34. The lowest BCUT2D eigenvalue weighted by Gasteiger charge is -2.29. The van der Waals surface area contributed by atoms with Crippen LogP contribution in [0.25, 0.3) is 0 Å². The molecule has 1 amide bonds. The Hall–Kier alpha value is -1.77. The zero-order valence-corrected chi connectivity index (χ0v) is 16.8. The monoisotopic (exact) mass is 393 g/mol. The Morgan fingerprint density at radius 2 is 2.15 bits per heavy atom. The van der Waals surface area contributed by atoms with E-state index in [4.69, 9.17) is 0 Å². The van der Waals surface area contributed by atoms with Crippen LogP contribution in [0.4, 0.5) is 5.13 Å². The standard InChI is InChI=1S/C18H23N3O3S2/c1-4-26(23,24)14-7-5-6-13(10-14)17(22)20-18-19-15-8-9-21(12(2)3)11-16(15)25-18/h5-7,10,12H,4,8-9,11H2,1-3H3,(H,19,20,22). The number of rotatable bonds is 5. The summed E-state index contributed by atoms with van der Waals surface area (Å²) in [6, 6.07) is 6.61. The van der Waals surface area contributed by atoms with Gasteiger partial charge in [0.25, 0.3) is 5.91 Å². The molecule has 2 heterocycles. The van der Waals surface area contributed by atoms with Crippen molar-refractivity contribution in [3.05, 3.63) is 40.4 Å². The van der Waals surface area contributed by atoms with Crippen molar-refractivity contribution in [1.82, 2.24) is 9.88 Å². The number of amides is 1. The van der Waals surface area contributed by atoms with E-state index in [1.54, 1.807) is 19.1 Å². The second-order valence-corrected chi connectivity index (χ2v) is 9.95. The number of carbonyl (C=O) groups excluding carboxylic acids is 1. The lowest BCUT2D eigenvalue weighted by atomic mass is 10.1. The van der Waals surface area contributed by atoms with Crippen LogP contribution in [0.5, 0.6) is 0 Å². The van der Waals surface area contributed by atoms with E-state index in [-0.39, 0.29) is 16.6 Å². The number of sulfone groups is 1. The van der Waals surface area contributed by atoms with Crippen molar-refractivity contribution >= 4 is 32.2 Å². The number of benzene rings is 1. The normalized spacial score (nSPS) is 15.1. The molecule has 0 saturated carbocycles. The zero-order chi connectivity index (χ0) is 18.9.